The zero-order valence-electron chi connectivity index (χ0n) is 22.4. The molecule has 1 aliphatic rings. The number of rotatable bonds is 10. The molecule has 0 bridgehead atoms. The van der Waals surface area contributed by atoms with E-state index in [1.165, 1.54) is 0 Å². The first-order chi connectivity index (χ1) is 19.0. The van der Waals surface area contributed by atoms with Crippen molar-refractivity contribution in [3.8, 4) is 5.75 Å². The summed E-state index contributed by atoms with van der Waals surface area (Å²) in [6, 6.07) is 18.7. The SMILES string of the molecule is CC(C)c1ccc(C(Cc2ccccc2)(NC(=O)NC2CCCC2)c2cc(F)cc(OC(F)(F)C(F)F)c2)cc1. The fourth-order valence-electron chi connectivity index (χ4n) is 5.17. The molecule has 3 aromatic rings. The minimum Gasteiger partial charge on any atom is -0.428 e. The van der Waals surface area contributed by atoms with Gasteiger partial charge in [0.2, 0.25) is 0 Å². The number of ether oxygens (including phenoxy) is 1. The van der Waals surface area contributed by atoms with E-state index < -0.39 is 35.7 Å². The number of halogens is 5. The van der Waals surface area contributed by atoms with Crippen molar-refractivity contribution >= 4 is 6.03 Å². The largest absolute Gasteiger partial charge is 0.461 e. The van der Waals surface area contributed by atoms with Crippen LogP contribution in [0.1, 0.15) is 67.7 Å². The molecule has 0 heterocycles. The first-order valence-electron chi connectivity index (χ1n) is 13.4. The van der Waals surface area contributed by atoms with E-state index in [9.17, 15) is 26.7 Å². The van der Waals surface area contributed by atoms with Crippen molar-refractivity contribution in [3.05, 3.63) is 101 Å². The summed E-state index contributed by atoms with van der Waals surface area (Å²) < 4.78 is 72.8. The van der Waals surface area contributed by atoms with Gasteiger partial charge in [-0.05, 0) is 53.1 Å². The highest BCUT2D eigenvalue weighted by molar-refractivity contribution is 5.76. The average molecular weight is 561 g/mol. The second-order valence-electron chi connectivity index (χ2n) is 10.6. The molecular formula is C31H33F5N2O2. The molecule has 4 rings (SSSR count). The van der Waals surface area contributed by atoms with Crippen LogP contribution in [0.15, 0.2) is 72.8 Å². The number of amides is 2. The fourth-order valence-corrected chi connectivity index (χ4v) is 5.17. The predicted octanol–water partition coefficient (Wildman–Crippen LogP) is 7.91. The summed E-state index contributed by atoms with van der Waals surface area (Å²) in [5.74, 6) is -1.55. The van der Waals surface area contributed by atoms with E-state index in [0.717, 1.165) is 48.9 Å². The standard InChI is InChI=1S/C31H33F5N2O2/c1-20(2)22-12-14-23(15-13-22)30(19-21-8-4-3-5-9-21,38-29(39)37-26-10-6-7-11-26)24-16-25(32)18-27(17-24)40-31(35,36)28(33)34/h3-5,8-9,12-18,20,26,28H,6-7,10-11,19H2,1-2H3,(H2,37,38,39). The van der Waals surface area contributed by atoms with Crippen LogP contribution in [0.5, 0.6) is 5.75 Å². The van der Waals surface area contributed by atoms with Crippen LogP contribution in [0.25, 0.3) is 0 Å². The average Bonchev–Trinajstić information content (AvgIpc) is 3.41. The maximum absolute atomic E-state index is 15.0. The Balaban J connectivity index is 1.88. The lowest BCUT2D eigenvalue weighted by molar-refractivity contribution is -0.253. The van der Waals surface area contributed by atoms with E-state index in [0.29, 0.717) is 11.6 Å². The van der Waals surface area contributed by atoms with Gasteiger partial charge in [0.15, 0.2) is 0 Å². The molecule has 1 saturated carbocycles. The second-order valence-corrected chi connectivity index (χ2v) is 10.6. The van der Waals surface area contributed by atoms with Gasteiger partial charge in [-0.15, -0.1) is 0 Å². The molecule has 1 unspecified atom stereocenters. The van der Waals surface area contributed by atoms with Gasteiger partial charge < -0.3 is 15.4 Å². The number of carbonyl (C=O) groups is 1. The van der Waals surface area contributed by atoms with Crippen molar-refractivity contribution in [2.45, 2.75) is 76.0 Å². The third-order valence-electron chi connectivity index (χ3n) is 7.27. The maximum Gasteiger partial charge on any atom is 0.461 e. The zero-order chi connectivity index (χ0) is 28.9. The van der Waals surface area contributed by atoms with E-state index in [1.807, 2.05) is 56.3 Å². The Kier molecular flexibility index (Phi) is 9.01. The van der Waals surface area contributed by atoms with Gasteiger partial charge >= 0.3 is 18.6 Å². The molecule has 0 aromatic heterocycles. The molecule has 1 fully saturated rings. The smallest absolute Gasteiger partial charge is 0.428 e. The van der Waals surface area contributed by atoms with Crippen LogP contribution >= 0.6 is 0 Å². The van der Waals surface area contributed by atoms with Gasteiger partial charge in [-0.1, -0.05) is 81.3 Å². The molecule has 2 amide bonds. The van der Waals surface area contributed by atoms with Crippen molar-refractivity contribution in [2.75, 3.05) is 0 Å². The van der Waals surface area contributed by atoms with Gasteiger partial charge in [0, 0.05) is 18.5 Å². The van der Waals surface area contributed by atoms with Crippen molar-refractivity contribution in [3.63, 3.8) is 0 Å². The quantitative estimate of drug-likeness (QED) is 0.248. The van der Waals surface area contributed by atoms with E-state index >= 15 is 0 Å². The van der Waals surface area contributed by atoms with E-state index in [4.69, 9.17) is 0 Å². The van der Waals surface area contributed by atoms with E-state index in [-0.39, 0.29) is 23.9 Å². The molecule has 0 aliphatic heterocycles. The Morgan fingerprint density at radius 2 is 1.60 bits per heavy atom. The highest BCUT2D eigenvalue weighted by atomic mass is 19.3. The molecule has 0 saturated heterocycles. The van der Waals surface area contributed by atoms with Crippen LogP contribution in [0.4, 0.5) is 26.7 Å². The lowest BCUT2D eigenvalue weighted by Crippen LogP contribution is -2.53. The lowest BCUT2D eigenvalue weighted by Gasteiger charge is -2.37. The number of nitrogens with one attached hydrogen (secondary N) is 2. The minimum atomic E-state index is -4.83. The molecule has 3 aromatic carbocycles. The first kappa shape index (κ1) is 29.4. The highest BCUT2D eigenvalue weighted by Crippen LogP contribution is 2.38. The van der Waals surface area contributed by atoms with Crippen molar-refractivity contribution in [2.24, 2.45) is 0 Å². The van der Waals surface area contributed by atoms with E-state index in [2.05, 4.69) is 15.4 Å². The molecule has 1 aliphatic carbocycles. The predicted molar refractivity (Wildman–Crippen MR) is 143 cm³/mol. The normalized spacial score (nSPS) is 15.7. The summed E-state index contributed by atoms with van der Waals surface area (Å²) >= 11 is 0. The summed E-state index contributed by atoms with van der Waals surface area (Å²) in [4.78, 5) is 13.4. The molecule has 2 N–H and O–H groups in total. The van der Waals surface area contributed by atoms with Crippen LogP contribution in [0.3, 0.4) is 0 Å². The number of urea groups is 1. The van der Waals surface area contributed by atoms with Gasteiger partial charge in [0.25, 0.3) is 0 Å². The summed E-state index contributed by atoms with van der Waals surface area (Å²) in [7, 11) is 0. The Morgan fingerprint density at radius 1 is 0.950 bits per heavy atom. The Bertz CT molecular complexity index is 1280. The van der Waals surface area contributed by atoms with Crippen LogP contribution in [-0.4, -0.2) is 24.6 Å². The second kappa shape index (κ2) is 12.3. The first-order valence-corrected chi connectivity index (χ1v) is 13.4. The van der Waals surface area contributed by atoms with Crippen LogP contribution < -0.4 is 15.4 Å². The fraction of sp³-hybridized carbons (Fsp3) is 0.387. The Labute approximate surface area is 230 Å². The summed E-state index contributed by atoms with van der Waals surface area (Å²) in [6.45, 7) is 4.05. The van der Waals surface area contributed by atoms with E-state index in [1.54, 1.807) is 12.1 Å². The molecule has 40 heavy (non-hydrogen) atoms. The number of benzene rings is 3. The molecule has 0 radical (unpaired) electrons. The number of hydrogen-bond donors (Lipinski definition) is 2. The summed E-state index contributed by atoms with van der Waals surface area (Å²) in [5, 5.41) is 6.00. The minimum absolute atomic E-state index is 0.0334. The zero-order valence-corrected chi connectivity index (χ0v) is 22.4. The van der Waals surface area contributed by atoms with Gasteiger partial charge in [0.1, 0.15) is 11.6 Å². The Hall–Kier alpha value is -3.62. The van der Waals surface area contributed by atoms with Crippen LogP contribution in [0, 0.1) is 5.82 Å². The van der Waals surface area contributed by atoms with Gasteiger partial charge in [-0.3, -0.25) is 0 Å². The number of hydrogen-bond acceptors (Lipinski definition) is 2. The van der Waals surface area contributed by atoms with Crippen molar-refractivity contribution in [1.82, 2.24) is 10.6 Å². The lowest BCUT2D eigenvalue weighted by atomic mass is 9.77. The van der Waals surface area contributed by atoms with Gasteiger partial charge in [-0.2, -0.15) is 17.6 Å². The molecule has 9 heteroatoms. The summed E-state index contributed by atoms with van der Waals surface area (Å²) in [6.07, 6.45) is -5.22. The maximum atomic E-state index is 15.0. The highest BCUT2D eigenvalue weighted by Gasteiger charge is 2.45. The molecule has 4 nitrogen and oxygen atoms in total. The third-order valence-corrected chi connectivity index (χ3v) is 7.27. The molecule has 0 spiro atoms. The number of carbonyl (C=O) groups excluding carboxylic acids is 1. The van der Waals surface area contributed by atoms with Crippen molar-refractivity contribution < 1.29 is 31.5 Å². The molecular weight excluding hydrogens is 527 g/mol. The molecule has 214 valence electrons. The topological polar surface area (TPSA) is 50.4 Å². The number of alkyl halides is 4. The monoisotopic (exact) mass is 560 g/mol. The van der Waals surface area contributed by atoms with Crippen LogP contribution in [0.2, 0.25) is 0 Å². The van der Waals surface area contributed by atoms with Gasteiger partial charge in [-0.25, -0.2) is 9.18 Å². The summed E-state index contributed by atoms with van der Waals surface area (Å²) in [5.41, 5.74) is 0.934. The Morgan fingerprint density at radius 3 is 2.20 bits per heavy atom. The third kappa shape index (κ3) is 6.92. The van der Waals surface area contributed by atoms with Crippen molar-refractivity contribution in [1.29, 1.82) is 0 Å². The van der Waals surface area contributed by atoms with Gasteiger partial charge in [0.05, 0.1) is 5.54 Å². The molecule has 1 atom stereocenters. The van der Waals surface area contributed by atoms with Crippen LogP contribution in [-0.2, 0) is 12.0 Å².